The zero-order valence-electron chi connectivity index (χ0n) is 25.4. The maximum absolute atomic E-state index is 14.1. The first kappa shape index (κ1) is 32.5. The van der Waals surface area contributed by atoms with E-state index in [2.05, 4.69) is 5.32 Å². The molecule has 0 saturated carbocycles. The molecule has 0 aromatic heterocycles. The van der Waals surface area contributed by atoms with Crippen molar-refractivity contribution >= 4 is 27.5 Å². The third-order valence-electron chi connectivity index (χ3n) is 6.83. The molecule has 3 rings (SSSR count). The van der Waals surface area contributed by atoms with E-state index < -0.39 is 28.5 Å². The van der Waals surface area contributed by atoms with Gasteiger partial charge in [-0.1, -0.05) is 61.4 Å². The molecule has 0 bridgehead atoms. The Morgan fingerprint density at radius 1 is 0.857 bits per heavy atom. The van der Waals surface area contributed by atoms with Gasteiger partial charge in [0.1, 0.15) is 12.6 Å². The summed E-state index contributed by atoms with van der Waals surface area (Å²) in [5.74, 6) is 0.0987. The maximum atomic E-state index is 14.1. The Morgan fingerprint density at radius 2 is 1.52 bits per heavy atom. The first-order valence-corrected chi connectivity index (χ1v) is 15.3. The lowest BCUT2D eigenvalue weighted by Crippen LogP contribution is -2.51. The van der Waals surface area contributed by atoms with Gasteiger partial charge in [-0.15, -0.1) is 0 Å². The third kappa shape index (κ3) is 8.03. The van der Waals surface area contributed by atoms with E-state index >= 15 is 0 Å². The molecule has 0 aliphatic heterocycles. The highest BCUT2D eigenvalue weighted by Crippen LogP contribution is 2.34. The van der Waals surface area contributed by atoms with Crippen LogP contribution in [0.15, 0.2) is 71.6 Å². The Labute approximate surface area is 249 Å². The highest BCUT2D eigenvalue weighted by atomic mass is 32.2. The molecule has 10 heteroatoms. The average molecular weight is 596 g/mol. The third-order valence-corrected chi connectivity index (χ3v) is 8.62. The highest BCUT2D eigenvalue weighted by Gasteiger charge is 2.33. The molecular weight excluding hydrogens is 554 g/mol. The summed E-state index contributed by atoms with van der Waals surface area (Å²) in [6, 6.07) is 17.9. The number of anilines is 1. The second-order valence-corrected chi connectivity index (χ2v) is 12.6. The maximum Gasteiger partial charge on any atom is 0.264 e. The first-order chi connectivity index (χ1) is 19.9. The number of rotatable bonds is 13. The van der Waals surface area contributed by atoms with Crippen molar-refractivity contribution in [2.45, 2.75) is 52.1 Å². The number of ether oxygens (including phenoxy) is 2. The summed E-state index contributed by atoms with van der Waals surface area (Å²) >= 11 is 0. The topological polar surface area (TPSA) is 105 Å². The van der Waals surface area contributed by atoms with Gasteiger partial charge >= 0.3 is 0 Å². The molecule has 0 radical (unpaired) electrons. The smallest absolute Gasteiger partial charge is 0.264 e. The number of amides is 2. The van der Waals surface area contributed by atoms with E-state index in [1.165, 1.54) is 37.3 Å². The molecule has 0 spiro atoms. The molecule has 1 atom stereocenters. The Bertz CT molecular complexity index is 1490. The van der Waals surface area contributed by atoms with E-state index in [-0.39, 0.29) is 29.0 Å². The van der Waals surface area contributed by atoms with Crippen molar-refractivity contribution in [1.29, 1.82) is 0 Å². The number of nitrogens with zero attached hydrogens (tertiary/aromatic N) is 2. The van der Waals surface area contributed by atoms with Gasteiger partial charge in [-0.3, -0.25) is 13.9 Å². The summed E-state index contributed by atoms with van der Waals surface area (Å²) in [4.78, 5) is 28.7. The molecule has 2 amide bonds. The number of hydrogen-bond donors (Lipinski definition) is 1. The quantitative estimate of drug-likeness (QED) is 0.307. The van der Waals surface area contributed by atoms with Crippen LogP contribution in [0.1, 0.15) is 37.5 Å². The molecule has 226 valence electrons. The van der Waals surface area contributed by atoms with Crippen LogP contribution in [0.4, 0.5) is 5.69 Å². The summed E-state index contributed by atoms with van der Waals surface area (Å²) in [6.45, 7) is 9.46. The van der Waals surface area contributed by atoms with Crippen molar-refractivity contribution < 1.29 is 27.5 Å². The summed E-state index contributed by atoms with van der Waals surface area (Å²) in [6.07, 6.45) is 0. The van der Waals surface area contributed by atoms with E-state index in [0.29, 0.717) is 18.0 Å². The number of nitrogens with one attached hydrogen (secondary N) is 1. The second kappa shape index (κ2) is 14.2. The zero-order chi connectivity index (χ0) is 31.0. The molecular formula is C32H41N3O6S. The van der Waals surface area contributed by atoms with Gasteiger partial charge in [-0.05, 0) is 56.5 Å². The van der Waals surface area contributed by atoms with Crippen LogP contribution in [0, 0.1) is 19.8 Å². The average Bonchev–Trinajstić information content (AvgIpc) is 2.96. The number of carbonyl (C=O) groups excluding carboxylic acids is 2. The fourth-order valence-electron chi connectivity index (χ4n) is 4.39. The van der Waals surface area contributed by atoms with Gasteiger partial charge in [-0.25, -0.2) is 8.42 Å². The lowest BCUT2D eigenvalue weighted by Gasteiger charge is -2.32. The van der Waals surface area contributed by atoms with Gasteiger partial charge in [0.25, 0.3) is 10.0 Å². The number of methoxy groups -OCH3 is 2. The summed E-state index contributed by atoms with van der Waals surface area (Å²) in [5.41, 5.74) is 2.94. The van der Waals surface area contributed by atoms with E-state index in [1.54, 1.807) is 31.2 Å². The molecule has 3 aromatic carbocycles. The first-order valence-electron chi connectivity index (χ1n) is 13.8. The fourth-order valence-corrected chi connectivity index (χ4v) is 5.79. The van der Waals surface area contributed by atoms with E-state index in [1.807, 2.05) is 52.0 Å². The minimum atomic E-state index is -4.20. The van der Waals surface area contributed by atoms with Crippen molar-refractivity contribution in [2.24, 2.45) is 5.92 Å². The normalized spacial score (nSPS) is 12.0. The molecule has 0 saturated heterocycles. The number of hydrogen-bond acceptors (Lipinski definition) is 6. The summed E-state index contributed by atoms with van der Waals surface area (Å²) in [7, 11) is -1.27. The molecule has 1 unspecified atom stereocenters. The predicted octanol–water partition coefficient (Wildman–Crippen LogP) is 4.71. The van der Waals surface area contributed by atoms with Gasteiger partial charge in [0.2, 0.25) is 11.8 Å². The molecule has 0 fully saturated rings. The Morgan fingerprint density at radius 3 is 2.12 bits per heavy atom. The van der Waals surface area contributed by atoms with Crippen molar-refractivity contribution in [3.8, 4) is 11.5 Å². The highest BCUT2D eigenvalue weighted by molar-refractivity contribution is 7.92. The van der Waals surface area contributed by atoms with Gasteiger partial charge in [-0.2, -0.15) is 0 Å². The molecule has 0 aliphatic rings. The molecule has 0 heterocycles. The monoisotopic (exact) mass is 595 g/mol. The van der Waals surface area contributed by atoms with Crippen LogP contribution in [0.5, 0.6) is 11.5 Å². The standard InChI is InChI=1S/C32H41N3O6S/c1-22(2)19-33-32(37)25(5)34(20-26-10-8-9-24(4)17-26)31(36)21-35(27-13-16-29(40-6)30(18-27)41-7)42(38,39)28-14-11-23(3)12-15-28/h8-18,22,25H,19-21H2,1-7H3,(H,33,37). The van der Waals surface area contributed by atoms with Crippen LogP contribution in [0.2, 0.25) is 0 Å². The Balaban J connectivity index is 2.07. The molecule has 1 N–H and O–H groups in total. The number of benzene rings is 3. The van der Waals surface area contributed by atoms with Gasteiger partial charge in [0, 0.05) is 19.2 Å². The largest absolute Gasteiger partial charge is 0.493 e. The minimum absolute atomic E-state index is 0.0312. The number of carbonyl (C=O) groups is 2. The van der Waals surface area contributed by atoms with Crippen molar-refractivity contribution in [2.75, 3.05) is 31.6 Å². The number of sulfonamides is 1. The van der Waals surface area contributed by atoms with Crippen LogP contribution in [0.3, 0.4) is 0 Å². The van der Waals surface area contributed by atoms with Crippen LogP contribution < -0.4 is 19.1 Å². The van der Waals surface area contributed by atoms with Gasteiger partial charge in [0.05, 0.1) is 24.8 Å². The Kier molecular flexibility index (Phi) is 11.0. The van der Waals surface area contributed by atoms with E-state index in [4.69, 9.17) is 9.47 Å². The predicted molar refractivity (Wildman–Crippen MR) is 164 cm³/mol. The molecule has 0 aliphatic carbocycles. The summed E-state index contributed by atoms with van der Waals surface area (Å²) in [5, 5.41) is 2.89. The SMILES string of the molecule is COc1ccc(N(CC(=O)N(Cc2cccc(C)c2)C(C)C(=O)NCC(C)C)S(=O)(=O)c2ccc(C)cc2)cc1OC. The zero-order valence-corrected chi connectivity index (χ0v) is 26.2. The van der Waals surface area contributed by atoms with Gasteiger partial charge in [0.15, 0.2) is 11.5 Å². The van der Waals surface area contributed by atoms with Crippen molar-refractivity contribution in [1.82, 2.24) is 10.2 Å². The summed E-state index contributed by atoms with van der Waals surface area (Å²) < 4.78 is 39.9. The van der Waals surface area contributed by atoms with Crippen molar-refractivity contribution in [3.05, 3.63) is 83.4 Å². The van der Waals surface area contributed by atoms with Crippen LogP contribution in [-0.2, 0) is 26.2 Å². The van der Waals surface area contributed by atoms with Crippen LogP contribution in [0.25, 0.3) is 0 Å². The van der Waals surface area contributed by atoms with Gasteiger partial charge < -0.3 is 19.7 Å². The van der Waals surface area contributed by atoms with E-state index in [0.717, 1.165) is 21.0 Å². The number of aryl methyl sites for hydroxylation is 2. The lowest BCUT2D eigenvalue weighted by molar-refractivity contribution is -0.139. The van der Waals surface area contributed by atoms with Crippen LogP contribution in [-0.4, -0.2) is 58.5 Å². The van der Waals surface area contributed by atoms with Crippen LogP contribution >= 0.6 is 0 Å². The molecule has 9 nitrogen and oxygen atoms in total. The second-order valence-electron chi connectivity index (χ2n) is 10.7. The molecule has 42 heavy (non-hydrogen) atoms. The lowest BCUT2D eigenvalue weighted by atomic mass is 10.1. The fraction of sp³-hybridized carbons (Fsp3) is 0.375. The molecule has 3 aromatic rings. The van der Waals surface area contributed by atoms with E-state index in [9.17, 15) is 18.0 Å². The van der Waals surface area contributed by atoms with Crippen molar-refractivity contribution in [3.63, 3.8) is 0 Å². The Hall–Kier alpha value is -4.05. The minimum Gasteiger partial charge on any atom is -0.493 e.